The van der Waals surface area contributed by atoms with Gasteiger partial charge >= 0.3 is 5.97 Å². The smallest absolute Gasteiger partial charge is 0.326 e. The summed E-state index contributed by atoms with van der Waals surface area (Å²) in [5.41, 5.74) is 6.89. The van der Waals surface area contributed by atoms with E-state index in [1.54, 1.807) is 6.92 Å². The number of nitrogens with two attached hydrogens (primary N) is 1. The van der Waals surface area contributed by atoms with Crippen molar-refractivity contribution >= 4 is 36.3 Å². The van der Waals surface area contributed by atoms with E-state index >= 15 is 0 Å². The molecule has 1 aromatic carbocycles. The number of nitrogens with one attached hydrogen (secondary N) is 3. The SMILES string of the molecule is CCC(C)C(NC(=O)C(CS)NC(=O)C(N)Cc1ccccc1)C(=O)NC(CC(C)C)C(=O)O. The maximum Gasteiger partial charge on any atom is 0.326 e. The Labute approximate surface area is 207 Å². The van der Waals surface area contributed by atoms with Gasteiger partial charge in [0.25, 0.3) is 0 Å². The second-order valence-corrected chi connectivity index (χ2v) is 9.31. The lowest BCUT2D eigenvalue weighted by atomic mass is 9.96. The van der Waals surface area contributed by atoms with Crippen LogP contribution in [0.4, 0.5) is 0 Å². The van der Waals surface area contributed by atoms with Crippen molar-refractivity contribution in [2.24, 2.45) is 17.6 Å². The van der Waals surface area contributed by atoms with Gasteiger partial charge in [-0.15, -0.1) is 0 Å². The van der Waals surface area contributed by atoms with Crippen LogP contribution in [0.25, 0.3) is 0 Å². The summed E-state index contributed by atoms with van der Waals surface area (Å²) in [6.07, 6.45) is 1.13. The van der Waals surface area contributed by atoms with E-state index in [0.717, 1.165) is 5.56 Å². The zero-order valence-corrected chi connectivity index (χ0v) is 21.2. The van der Waals surface area contributed by atoms with E-state index in [2.05, 4.69) is 28.6 Å². The van der Waals surface area contributed by atoms with Gasteiger partial charge in [0.1, 0.15) is 18.1 Å². The van der Waals surface area contributed by atoms with Gasteiger partial charge in [-0.05, 0) is 30.2 Å². The summed E-state index contributed by atoms with van der Waals surface area (Å²) in [6.45, 7) is 7.37. The summed E-state index contributed by atoms with van der Waals surface area (Å²) in [4.78, 5) is 49.9. The summed E-state index contributed by atoms with van der Waals surface area (Å²) >= 11 is 4.17. The van der Waals surface area contributed by atoms with Crippen molar-refractivity contribution in [2.75, 3.05) is 5.75 Å². The Hall–Kier alpha value is -2.59. The molecular weight excluding hydrogens is 456 g/mol. The number of thiol groups is 1. The van der Waals surface area contributed by atoms with Gasteiger partial charge in [0.05, 0.1) is 6.04 Å². The van der Waals surface area contributed by atoms with Gasteiger partial charge < -0.3 is 26.8 Å². The monoisotopic (exact) mass is 494 g/mol. The topological polar surface area (TPSA) is 151 Å². The van der Waals surface area contributed by atoms with Crippen LogP contribution in [0.3, 0.4) is 0 Å². The van der Waals surface area contributed by atoms with E-state index in [4.69, 9.17) is 5.73 Å². The molecule has 0 aromatic heterocycles. The number of carboxylic acid groups (broad SMARTS) is 1. The molecule has 0 heterocycles. The van der Waals surface area contributed by atoms with Crippen LogP contribution in [-0.2, 0) is 25.6 Å². The number of carbonyl (C=O) groups excluding carboxylic acids is 3. The highest BCUT2D eigenvalue weighted by atomic mass is 32.1. The highest BCUT2D eigenvalue weighted by molar-refractivity contribution is 7.80. The molecule has 6 N–H and O–H groups in total. The highest BCUT2D eigenvalue weighted by Gasteiger charge is 2.32. The molecule has 5 atom stereocenters. The number of carboxylic acids is 1. The molecule has 1 rings (SSSR count). The number of amides is 3. The molecule has 0 aliphatic rings. The van der Waals surface area contributed by atoms with E-state index in [1.165, 1.54) is 0 Å². The Bertz CT molecular complexity index is 821. The van der Waals surface area contributed by atoms with E-state index in [-0.39, 0.29) is 24.0 Å². The first-order chi connectivity index (χ1) is 16.0. The molecule has 3 amide bonds. The van der Waals surface area contributed by atoms with Crippen molar-refractivity contribution in [1.29, 1.82) is 0 Å². The van der Waals surface area contributed by atoms with Gasteiger partial charge in [0.2, 0.25) is 17.7 Å². The second kappa shape index (κ2) is 14.6. The summed E-state index contributed by atoms with van der Waals surface area (Å²) in [7, 11) is 0. The van der Waals surface area contributed by atoms with Crippen LogP contribution in [0.1, 0.15) is 46.1 Å². The maximum atomic E-state index is 12.9. The summed E-state index contributed by atoms with van der Waals surface area (Å²) in [5.74, 6) is -3.03. The molecule has 0 aliphatic carbocycles. The molecule has 190 valence electrons. The van der Waals surface area contributed by atoms with Gasteiger partial charge in [0.15, 0.2) is 0 Å². The molecule has 0 saturated heterocycles. The van der Waals surface area contributed by atoms with Gasteiger partial charge in [-0.1, -0.05) is 64.4 Å². The third kappa shape index (κ3) is 9.72. The number of hydrogen-bond donors (Lipinski definition) is 6. The van der Waals surface area contributed by atoms with Gasteiger partial charge in [-0.3, -0.25) is 14.4 Å². The number of carbonyl (C=O) groups is 4. The van der Waals surface area contributed by atoms with Gasteiger partial charge in [-0.25, -0.2) is 4.79 Å². The third-order valence-electron chi connectivity index (χ3n) is 5.57. The molecule has 0 bridgehead atoms. The lowest BCUT2D eigenvalue weighted by molar-refractivity contribution is -0.143. The Morgan fingerprint density at radius 1 is 0.941 bits per heavy atom. The molecule has 1 aromatic rings. The Kier molecular flexibility index (Phi) is 12.7. The fourth-order valence-electron chi connectivity index (χ4n) is 3.34. The predicted octanol–water partition coefficient (Wildman–Crippen LogP) is 1.12. The fraction of sp³-hybridized carbons (Fsp3) is 0.583. The molecule has 0 aliphatic heterocycles. The standard InChI is InChI=1S/C24H38N4O5S/c1-5-15(4)20(23(31)26-18(24(32)33)11-14(2)3)28-22(30)19(13-34)27-21(29)17(25)12-16-9-7-6-8-10-16/h6-10,14-15,17-20,34H,5,11-13,25H2,1-4H3,(H,26,31)(H,27,29)(H,28,30)(H,32,33). The molecule has 0 saturated carbocycles. The van der Waals surface area contributed by atoms with Crippen LogP contribution in [-0.4, -0.2) is 58.7 Å². The van der Waals surface area contributed by atoms with E-state index in [9.17, 15) is 24.3 Å². The van der Waals surface area contributed by atoms with Crippen LogP contribution in [0.2, 0.25) is 0 Å². The van der Waals surface area contributed by atoms with Crippen molar-refractivity contribution in [3.05, 3.63) is 35.9 Å². The van der Waals surface area contributed by atoms with Crippen LogP contribution in [0.5, 0.6) is 0 Å². The summed E-state index contributed by atoms with van der Waals surface area (Å²) in [6, 6.07) is 5.36. The minimum absolute atomic E-state index is 0.00439. The van der Waals surface area contributed by atoms with E-state index in [1.807, 2.05) is 51.1 Å². The zero-order valence-electron chi connectivity index (χ0n) is 20.3. The molecule has 0 spiro atoms. The number of hydrogen-bond acceptors (Lipinski definition) is 6. The van der Waals surface area contributed by atoms with Crippen molar-refractivity contribution in [2.45, 2.75) is 71.1 Å². The van der Waals surface area contributed by atoms with Crippen molar-refractivity contribution in [3.8, 4) is 0 Å². The Balaban J connectivity index is 2.85. The Morgan fingerprint density at radius 3 is 2.03 bits per heavy atom. The van der Waals surface area contributed by atoms with E-state index in [0.29, 0.717) is 12.8 Å². The average Bonchev–Trinajstić information content (AvgIpc) is 2.79. The fourth-order valence-corrected chi connectivity index (χ4v) is 3.60. The first-order valence-electron chi connectivity index (χ1n) is 11.5. The molecule has 5 unspecified atom stereocenters. The zero-order chi connectivity index (χ0) is 25.8. The molecule has 0 fully saturated rings. The predicted molar refractivity (Wildman–Crippen MR) is 134 cm³/mol. The number of aliphatic carboxylic acids is 1. The minimum atomic E-state index is -1.14. The normalized spacial score (nSPS) is 15.5. The Morgan fingerprint density at radius 2 is 1.53 bits per heavy atom. The maximum absolute atomic E-state index is 12.9. The third-order valence-corrected chi connectivity index (χ3v) is 5.93. The van der Waals surface area contributed by atoms with Gasteiger partial charge in [-0.2, -0.15) is 12.6 Å². The highest BCUT2D eigenvalue weighted by Crippen LogP contribution is 2.11. The molecule has 0 radical (unpaired) electrons. The van der Waals surface area contributed by atoms with Crippen LogP contribution < -0.4 is 21.7 Å². The van der Waals surface area contributed by atoms with Crippen LogP contribution >= 0.6 is 12.6 Å². The van der Waals surface area contributed by atoms with Crippen LogP contribution in [0, 0.1) is 11.8 Å². The van der Waals surface area contributed by atoms with Gasteiger partial charge in [0, 0.05) is 5.75 Å². The number of rotatable bonds is 14. The van der Waals surface area contributed by atoms with Crippen LogP contribution in [0.15, 0.2) is 30.3 Å². The van der Waals surface area contributed by atoms with E-state index < -0.39 is 47.9 Å². The molecule has 34 heavy (non-hydrogen) atoms. The lowest BCUT2D eigenvalue weighted by Crippen LogP contribution is -2.59. The number of benzene rings is 1. The summed E-state index contributed by atoms with van der Waals surface area (Å²) in [5, 5.41) is 17.2. The van der Waals surface area contributed by atoms with Crippen molar-refractivity contribution < 1.29 is 24.3 Å². The minimum Gasteiger partial charge on any atom is -0.480 e. The van der Waals surface area contributed by atoms with Crippen molar-refractivity contribution in [3.63, 3.8) is 0 Å². The first kappa shape index (κ1) is 29.4. The average molecular weight is 495 g/mol. The first-order valence-corrected chi connectivity index (χ1v) is 12.2. The molecular formula is C24H38N4O5S. The molecule has 10 heteroatoms. The summed E-state index contributed by atoms with van der Waals surface area (Å²) < 4.78 is 0. The quantitative estimate of drug-likeness (QED) is 0.213. The second-order valence-electron chi connectivity index (χ2n) is 8.94. The largest absolute Gasteiger partial charge is 0.480 e. The van der Waals surface area contributed by atoms with Crippen molar-refractivity contribution in [1.82, 2.24) is 16.0 Å². The molecule has 9 nitrogen and oxygen atoms in total. The lowest BCUT2D eigenvalue weighted by Gasteiger charge is -2.28.